The first-order valence-electron chi connectivity index (χ1n) is 11.0. The van der Waals surface area contributed by atoms with E-state index < -0.39 is 0 Å². The van der Waals surface area contributed by atoms with E-state index >= 15 is 0 Å². The molecule has 1 amide bonds. The molecule has 0 bridgehead atoms. The van der Waals surface area contributed by atoms with Crippen LogP contribution >= 0.6 is 11.8 Å². The van der Waals surface area contributed by atoms with Crippen LogP contribution in [0.5, 0.6) is 0 Å². The highest BCUT2D eigenvalue weighted by molar-refractivity contribution is 7.98. The summed E-state index contributed by atoms with van der Waals surface area (Å²) < 4.78 is 21.0. The Balaban J connectivity index is 1.51. The number of carbonyl (C=O) groups is 1. The second kappa shape index (κ2) is 9.79. The maximum atomic E-state index is 14.2. The number of carbonyl (C=O) groups excluding carboxylic acids is 1. The molecule has 2 heterocycles. The maximum absolute atomic E-state index is 14.2. The van der Waals surface area contributed by atoms with Gasteiger partial charge in [-0.2, -0.15) is 0 Å². The molecule has 1 aliphatic rings. The molecule has 0 unspecified atom stereocenters. The van der Waals surface area contributed by atoms with Crippen LogP contribution in [0, 0.1) is 5.82 Å². The van der Waals surface area contributed by atoms with Gasteiger partial charge in [0.15, 0.2) is 5.16 Å². The van der Waals surface area contributed by atoms with Crippen LogP contribution in [-0.4, -0.2) is 46.7 Å². The molecule has 1 aliphatic heterocycles. The number of halogens is 1. The van der Waals surface area contributed by atoms with Crippen molar-refractivity contribution in [2.75, 3.05) is 26.3 Å². The molecule has 8 heteroatoms. The zero-order valence-corrected chi connectivity index (χ0v) is 19.1. The number of hydrogen-bond acceptors (Lipinski definition) is 5. The van der Waals surface area contributed by atoms with E-state index in [9.17, 15) is 14.0 Å². The molecule has 0 aliphatic carbocycles. The number of hydrogen-bond donors (Lipinski definition) is 0. The van der Waals surface area contributed by atoms with Crippen LogP contribution in [0.2, 0.25) is 0 Å². The molecule has 1 saturated heterocycles. The van der Waals surface area contributed by atoms with Crippen LogP contribution in [0.25, 0.3) is 16.6 Å². The van der Waals surface area contributed by atoms with E-state index in [0.717, 1.165) is 0 Å². The fraction of sp³-hybridized carbons (Fsp3) is 0.192. The predicted molar refractivity (Wildman–Crippen MR) is 130 cm³/mol. The Bertz CT molecular complexity index is 1400. The number of nitrogens with zero attached hydrogens (tertiary/aromatic N) is 3. The number of fused-ring (bicyclic) bond motifs is 1. The molecule has 0 radical (unpaired) electrons. The van der Waals surface area contributed by atoms with E-state index in [1.807, 2.05) is 6.07 Å². The largest absolute Gasteiger partial charge is 0.378 e. The smallest absolute Gasteiger partial charge is 0.266 e. The summed E-state index contributed by atoms with van der Waals surface area (Å²) in [5, 5.41) is 0.949. The van der Waals surface area contributed by atoms with Gasteiger partial charge in [-0.15, -0.1) is 0 Å². The minimum absolute atomic E-state index is 0.0621. The summed E-state index contributed by atoms with van der Waals surface area (Å²) in [5.74, 6) is -0.0333. The lowest BCUT2D eigenvalue weighted by molar-refractivity contribution is 0.0303. The van der Waals surface area contributed by atoms with Crippen molar-refractivity contribution < 1.29 is 13.9 Å². The van der Waals surface area contributed by atoms with Gasteiger partial charge in [-0.1, -0.05) is 42.1 Å². The fourth-order valence-corrected chi connectivity index (χ4v) is 4.90. The Labute approximate surface area is 200 Å². The Morgan fingerprint density at radius 3 is 2.44 bits per heavy atom. The molecule has 0 saturated carbocycles. The first-order chi connectivity index (χ1) is 16.6. The van der Waals surface area contributed by atoms with E-state index in [-0.39, 0.29) is 17.3 Å². The van der Waals surface area contributed by atoms with Gasteiger partial charge in [0.25, 0.3) is 11.5 Å². The van der Waals surface area contributed by atoms with Gasteiger partial charge in [0, 0.05) is 24.4 Å². The molecular formula is C26H22FN3O3S. The van der Waals surface area contributed by atoms with E-state index in [2.05, 4.69) is 0 Å². The molecular weight excluding hydrogens is 453 g/mol. The van der Waals surface area contributed by atoms with Gasteiger partial charge in [-0.25, -0.2) is 9.37 Å². The van der Waals surface area contributed by atoms with Crippen molar-refractivity contribution in [3.05, 3.63) is 100 Å². The lowest BCUT2D eigenvalue weighted by atomic mass is 10.1. The number of para-hydroxylation sites is 1. The van der Waals surface area contributed by atoms with Crippen molar-refractivity contribution in [3.63, 3.8) is 0 Å². The Morgan fingerprint density at radius 1 is 0.971 bits per heavy atom. The van der Waals surface area contributed by atoms with Gasteiger partial charge in [-0.05, 0) is 48.0 Å². The lowest BCUT2D eigenvalue weighted by Gasteiger charge is -2.26. The molecule has 34 heavy (non-hydrogen) atoms. The second-order valence-electron chi connectivity index (χ2n) is 7.88. The molecule has 0 spiro atoms. The van der Waals surface area contributed by atoms with Crippen molar-refractivity contribution >= 4 is 28.6 Å². The number of benzene rings is 3. The molecule has 0 atom stereocenters. The standard InChI is InChI=1S/C26H22FN3O3S/c27-22-7-3-1-5-19(22)17-34-26-28-23-8-4-2-6-21(23)25(32)30(26)20-11-9-18(10-12-20)24(31)29-13-15-33-16-14-29/h1-12H,13-17H2. The third-order valence-electron chi connectivity index (χ3n) is 5.73. The van der Waals surface area contributed by atoms with Crippen LogP contribution in [0.3, 0.4) is 0 Å². The molecule has 6 nitrogen and oxygen atoms in total. The second-order valence-corrected chi connectivity index (χ2v) is 8.83. The highest BCUT2D eigenvalue weighted by atomic mass is 32.2. The minimum Gasteiger partial charge on any atom is -0.378 e. The third kappa shape index (κ3) is 4.47. The number of amides is 1. The van der Waals surface area contributed by atoms with Gasteiger partial charge in [-0.3, -0.25) is 14.2 Å². The molecule has 0 N–H and O–H groups in total. The molecule has 4 aromatic rings. The van der Waals surface area contributed by atoms with Crippen LogP contribution in [0.1, 0.15) is 15.9 Å². The Kier molecular flexibility index (Phi) is 6.42. The summed E-state index contributed by atoms with van der Waals surface area (Å²) in [4.78, 5) is 32.7. The van der Waals surface area contributed by atoms with E-state index in [4.69, 9.17) is 9.72 Å². The summed E-state index contributed by atoms with van der Waals surface area (Å²) in [6, 6.07) is 20.7. The van der Waals surface area contributed by atoms with Crippen LogP contribution in [-0.2, 0) is 10.5 Å². The number of aromatic nitrogens is 2. The zero-order valence-electron chi connectivity index (χ0n) is 18.3. The predicted octanol–water partition coefficient (Wildman–Crippen LogP) is 4.29. The van der Waals surface area contributed by atoms with Crippen LogP contribution < -0.4 is 5.56 Å². The van der Waals surface area contributed by atoms with Crippen molar-refractivity contribution in [1.29, 1.82) is 0 Å². The Morgan fingerprint density at radius 2 is 1.68 bits per heavy atom. The molecule has 1 fully saturated rings. The van der Waals surface area contributed by atoms with Crippen molar-refractivity contribution in [1.82, 2.24) is 14.5 Å². The summed E-state index contributed by atoms with van der Waals surface area (Å²) >= 11 is 1.29. The van der Waals surface area contributed by atoms with Crippen LogP contribution in [0.15, 0.2) is 82.7 Å². The van der Waals surface area contributed by atoms with Gasteiger partial charge < -0.3 is 9.64 Å². The molecule has 3 aromatic carbocycles. The SMILES string of the molecule is O=C(c1ccc(-n2c(SCc3ccccc3F)nc3ccccc3c2=O)cc1)N1CCOCC1. The average molecular weight is 476 g/mol. The van der Waals surface area contributed by atoms with Gasteiger partial charge >= 0.3 is 0 Å². The molecule has 172 valence electrons. The number of thioether (sulfide) groups is 1. The number of rotatable bonds is 5. The van der Waals surface area contributed by atoms with Crippen LogP contribution in [0.4, 0.5) is 4.39 Å². The van der Waals surface area contributed by atoms with E-state index in [1.165, 1.54) is 22.4 Å². The summed E-state index contributed by atoms with van der Waals surface area (Å²) in [7, 11) is 0. The van der Waals surface area contributed by atoms with Gasteiger partial charge in [0.2, 0.25) is 0 Å². The van der Waals surface area contributed by atoms with E-state index in [1.54, 1.807) is 65.6 Å². The number of morpholine rings is 1. The molecule has 5 rings (SSSR count). The van der Waals surface area contributed by atoms with E-state index in [0.29, 0.717) is 64.9 Å². The van der Waals surface area contributed by atoms with Crippen molar-refractivity contribution in [2.45, 2.75) is 10.9 Å². The Hall–Kier alpha value is -3.49. The topological polar surface area (TPSA) is 64.4 Å². The highest BCUT2D eigenvalue weighted by Gasteiger charge is 2.19. The highest BCUT2D eigenvalue weighted by Crippen LogP contribution is 2.26. The molecule has 1 aromatic heterocycles. The first kappa shape index (κ1) is 22.3. The summed E-state index contributed by atoms with van der Waals surface area (Å²) in [6.07, 6.45) is 0. The normalized spacial score (nSPS) is 13.9. The van der Waals surface area contributed by atoms with Gasteiger partial charge in [0.05, 0.1) is 29.8 Å². The van der Waals surface area contributed by atoms with Crippen molar-refractivity contribution in [3.8, 4) is 5.69 Å². The van der Waals surface area contributed by atoms with Crippen molar-refractivity contribution in [2.24, 2.45) is 0 Å². The quantitative estimate of drug-likeness (QED) is 0.318. The first-order valence-corrected chi connectivity index (χ1v) is 12.0. The minimum atomic E-state index is -0.296. The average Bonchev–Trinajstić information content (AvgIpc) is 2.89. The van der Waals surface area contributed by atoms with Gasteiger partial charge in [0.1, 0.15) is 5.82 Å². The zero-order chi connectivity index (χ0) is 23.5. The summed E-state index contributed by atoms with van der Waals surface area (Å²) in [6.45, 7) is 2.19. The number of ether oxygens (including phenoxy) is 1. The lowest BCUT2D eigenvalue weighted by Crippen LogP contribution is -2.40. The maximum Gasteiger partial charge on any atom is 0.266 e. The third-order valence-corrected chi connectivity index (χ3v) is 6.72. The monoisotopic (exact) mass is 475 g/mol. The fourth-order valence-electron chi connectivity index (χ4n) is 3.90. The summed E-state index contributed by atoms with van der Waals surface area (Å²) in [5.41, 5.74) is 2.05.